The van der Waals surface area contributed by atoms with Crippen LogP contribution in [0.1, 0.15) is 44.0 Å². The minimum atomic E-state index is -0.0434. The first-order chi connectivity index (χ1) is 9.47. The van der Waals surface area contributed by atoms with Gasteiger partial charge in [-0.25, -0.2) is 0 Å². The van der Waals surface area contributed by atoms with E-state index in [0.29, 0.717) is 17.2 Å². The van der Waals surface area contributed by atoms with Crippen molar-refractivity contribution in [2.75, 3.05) is 5.73 Å². The van der Waals surface area contributed by atoms with Gasteiger partial charge in [0.05, 0.1) is 5.56 Å². The Kier molecular flexibility index (Phi) is 4.32. The Morgan fingerprint density at radius 1 is 1.30 bits per heavy atom. The summed E-state index contributed by atoms with van der Waals surface area (Å²) in [7, 11) is 0. The number of hydrogen-bond acceptors (Lipinski definition) is 2. The van der Waals surface area contributed by atoms with Gasteiger partial charge in [0.25, 0.3) is 5.91 Å². The predicted octanol–water partition coefficient (Wildman–Crippen LogP) is 3.30. The molecule has 4 nitrogen and oxygen atoms in total. The first-order valence-electron chi connectivity index (χ1n) is 7.15. The second kappa shape index (κ2) is 5.99. The van der Waals surface area contributed by atoms with Crippen molar-refractivity contribution < 1.29 is 4.79 Å². The van der Waals surface area contributed by atoms with Crippen LogP contribution < -0.4 is 11.1 Å². The molecule has 0 saturated heterocycles. The van der Waals surface area contributed by atoms with Crippen LogP contribution in [0.25, 0.3) is 10.9 Å². The predicted molar refractivity (Wildman–Crippen MR) is 83.7 cm³/mol. The van der Waals surface area contributed by atoms with Crippen LogP contribution in [0, 0.1) is 5.92 Å². The smallest absolute Gasteiger partial charge is 0.253 e. The molecule has 1 atom stereocenters. The van der Waals surface area contributed by atoms with Crippen LogP contribution in [0.2, 0.25) is 0 Å². The number of nitrogen functional groups attached to an aromatic ring is 1. The third-order valence-corrected chi connectivity index (χ3v) is 3.50. The highest BCUT2D eigenvalue weighted by Gasteiger charge is 2.14. The average molecular weight is 273 g/mol. The summed E-state index contributed by atoms with van der Waals surface area (Å²) in [5, 5.41) is 3.92. The lowest BCUT2D eigenvalue weighted by Crippen LogP contribution is -2.32. The topological polar surface area (TPSA) is 70.9 Å². The van der Waals surface area contributed by atoms with Crippen molar-refractivity contribution in [3.63, 3.8) is 0 Å². The van der Waals surface area contributed by atoms with Gasteiger partial charge < -0.3 is 16.0 Å². The van der Waals surface area contributed by atoms with E-state index in [9.17, 15) is 4.79 Å². The molecule has 0 radical (unpaired) electrons. The molecule has 0 aliphatic carbocycles. The molecule has 0 aliphatic heterocycles. The number of nitrogens with one attached hydrogen (secondary N) is 2. The fourth-order valence-corrected chi connectivity index (χ4v) is 2.28. The van der Waals surface area contributed by atoms with Gasteiger partial charge in [0, 0.05) is 28.8 Å². The maximum absolute atomic E-state index is 12.3. The molecular formula is C16H23N3O. The molecule has 20 heavy (non-hydrogen) atoms. The molecule has 1 aromatic carbocycles. The molecule has 2 rings (SSSR count). The fourth-order valence-electron chi connectivity index (χ4n) is 2.28. The number of rotatable bonds is 5. The number of aromatic nitrogens is 1. The molecule has 4 N–H and O–H groups in total. The molecule has 2 aromatic rings. The third kappa shape index (κ3) is 3.32. The summed E-state index contributed by atoms with van der Waals surface area (Å²) in [5.74, 6) is 0.611. The molecule has 1 amide bonds. The van der Waals surface area contributed by atoms with Crippen molar-refractivity contribution in [2.24, 2.45) is 5.92 Å². The molecule has 108 valence electrons. The maximum Gasteiger partial charge on any atom is 0.253 e. The van der Waals surface area contributed by atoms with Crippen LogP contribution in [-0.2, 0) is 0 Å². The lowest BCUT2D eigenvalue weighted by molar-refractivity contribution is 0.0939. The minimum absolute atomic E-state index is 0.0434. The van der Waals surface area contributed by atoms with Crippen molar-refractivity contribution in [3.8, 4) is 0 Å². The highest BCUT2D eigenvalue weighted by atomic mass is 16.1. The Balaban J connectivity index is 2.09. The van der Waals surface area contributed by atoms with Crippen LogP contribution in [0.5, 0.6) is 0 Å². The van der Waals surface area contributed by atoms with Crippen LogP contribution in [0.4, 0.5) is 5.69 Å². The summed E-state index contributed by atoms with van der Waals surface area (Å²) in [6.07, 6.45) is 3.85. The molecule has 1 unspecified atom stereocenters. The summed E-state index contributed by atoms with van der Waals surface area (Å²) in [5.41, 5.74) is 8.04. The van der Waals surface area contributed by atoms with Crippen molar-refractivity contribution in [2.45, 2.75) is 39.7 Å². The van der Waals surface area contributed by atoms with Gasteiger partial charge >= 0.3 is 0 Å². The summed E-state index contributed by atoms with van der Waals surface area (Å²) in [6.45, 7) is 6.43. The molecule has 0 spiro atoms. The Hall–Kier alpha value is -1.97. The largest absolute Gasteiger partial charge is 0.399 e. The zero-order valence-electron chi connectivity index (χ0n) is 12.4. The van der Waals surface area contributed by atoms with Crippen molar-refractivity contribution in [3.05, 3.63) is 30.0 Å². The van der Waals surface area contributed by atoms with Gasteiger partial charge in [-0.3, -0.25) is 4.79 Å². The van der Waals surface area contributed by atoms with Crippen molar-refractivity contribution in [1.82, 2.24) is 10.3 Å². The normalized spacial score (nSPS) is 12.8. The molecule has 1 aromatic heterocycles. The van der Waals surface area contributed by atoms with Gasteiger partial charge in [0.15, 0.2) is 0 Å². The van der Waals surface area contributed by atoms with Crippen molar-refractivity contribution in [1.29, 1.82) is 0 Å². The van der Waals surface area contributed by atoms with Gasteiger partial charge in [-0.2, -0.15) is 0 Å². The first-order valence-corrected chi connectivity index (χ1v) is 7.15. The van der Waals surface area contributed by atoms with E-state index in [0.717, 1.165) is 23.7 Å². The minimum Gasteiger partial charge on any atom is -0.399 e. The van der Waals surface area contributed by atoms with Gasteiger partial charge in [-0.05, 0) is 43.9 Å². The van der Waals surface area contributed by atoms with E-state index in [1.54, 1.807) is 6.20 Å². The van der Waals surface area contributed by atoms with Gasteiger partial charge in [0.2, 0.25) is 0 Å². The lowest BCUT2D eigenvalue weighted by atomic mass is 10.0. The number of anilines is 1. The number of carbonyl (C=O) groups excluding carboxylic acids is 1. The highest BCUT2D eigenvalue weighted by Crippen LogP contribution is 2.21. The molecule has 0 fully saturated rings. The highest BCUT2D eigenvalue weighted by molar-refractivity contribution is 6.07. The number of hydrogen-bond donors (Lipinski definition) is 3. The molecule has 4 heteroatoms. The zero-order chi connectivity index (χ0) is 14.7. The molecule has 0 aliphatic rings. The van der Waals surface area contributed by atoms with Gasteiger partial charge in [-0.15, -0.1) is 0 Å². The zero-order valence-corrected chi connectivity index (χ0v) is 12.4. The van der Waals surface area contributed by atoms with E-state index >= 15 is 0 Å². The SMILES string of the molecule is CC(C)CCC(C)NC(=O)c1c[nH]c2ccc(N)cc12. The fraction of sp³-hybridized carbons (Fsp3) is 0.438. The Morgan fingerprint density at radius 3 is 2.75 bits per heavy atom. The number of carbonyl (C=O) groups is 1. The summed E-state index contributed by atoms with van der Waals surface area (Å²) >= 11 is 0. The Morgan fingerprint density at radius 2 is 2.05 bits per heavy atom. The monoisotopic (exact) mass is 273 g/mol. The van der Waals surface area contributed by atoms with Crippen molar-refractivity contribution >= 4 is 22.5 Å². The number of amides is 1. The van der Waals surface area contributed by atoms with Crippen LogP contribution in [0.3, 0.4) is 0 Å². The third-order valence-electron chi connectivity index (χ3n) is 3.50. The first kappa shape index (κ1) is 14.4. The van der Waals surface area contributed by atoms with E-state index in [2.05, 4.69) is 24.1 Å². The average Bonchev–Trinajstić information content (AvgIpc) is 2.79. The molecule has 0 saturated carbocycles. The summed E-state index contributed by atoms with van der Waals surface area (Å²) in [6, 6.07) is 5.73. The molecule has 1 heterocycles. The second-order valence-electron chi connectivity index (χ2n) is 5.85. The summed E-state index contributed by atoms with van der Waals surface area (Å²) < 4.78 is 0. The van der Waals surface area contributed by atoms with E-state index in [-0.39, 0.29) is 11.9 Å². The number of aromatic amines is 1. The Bertz CT molecular complexity index is 601. The second-order valence-corrected chi connectivity index (χ2v) is 5.85. The van der Waals surface area contributed by atoms with Crippen LogP contribution >= 0.6 is 0 Å². The standard InChI is InChI=1S/C16H23N3O/c1-10(2)4-5-11(3)19-16(20)14-9-18-15-7-6-12(17)8-13(14)15/h6-11,18H,4-5,17H2,1-3H3,(H,19,20). The van der Waals surface area contributed by atoms with Gasteiger partial charge in [-0.1, -0.05) is 13.8 Å². The molecular weight excluding hydrogens is 250 g/mol. The maximum atomic E-state index is 12.3. The Labute approximate surface area is 119 Å². The van der Waals surface area contributed by atoms with Crippen LogP contribution in [-0.4, -0.2) is 16.9 Å². The number of benzene rings is 1. The van der Waals surface area contributed by atoms with E-state index < -0.39 is 0 Å². The number of H-pyrrole nitrogens is 1. The summed E-state index contributed by atoms with van der Waals surface area (Å²) in [4.78, 5) is 15.4. The quantitative estimate of drug-likeness (QED) is 0.731. The molecule has 0 bridgehead atoms. The van der Waals surface area contributed by atoms with Gasteiger partial charge in [0.1, 0.15) is 0 Å². The van der Waals surface area contributed by atoms with E-state index in [1.807, 2.05) is 25.1 Å². The number of fused-ring (bicyclic) bond motifs is 1. The number of nitrogens with two attached hydrogens (primary N) is 1. The lowest BCUT2D eigenvalue weighted by Gasteiger charge is -2.14. The van der Waals surface area contributed by atoms with Crippen LogP contribution in [0.15, 0.2) is 24.4 Å². The van der Waals surface area contributed by atoms with E-state index in [4.69, 9.17) is 5.73 Å². The van der Waals surface area contributed by atoms with E-state index in [1.165, 1.54) is 0 Å².